The molecule has 0 unspecified atom stereocenters. The first-order chi connectivity index (χ1) is 19.2. The summed E-state index contributed by atoms with van der Waals surface area (Å²) in [7, 11) is 3.56. The van der Waals surface area contributed by atoms with Crippen LogP contribution in [0.25, 0.3) is 10.8 Å². The van der Waals surface area contributed by atoms with E-state index in [2.05, 4.69) is 114 Å². The first kappa shape index (κ1) is 32.5. The largest absolute Gasteiger partial charge is 0.496 e. The van der Waals surface area contributed by atoms with Crippen LogP contribution in [0, 0.1) is 6.92 Å². The minimum Gasteiger partial charge on any atom is -0.496 e. The fourth-order valence-corrected chi connectivity index (χ4v) is 8.71. The summed E-state index contributed by atoms with van der Waals surface area (Å²) in [4.78, 5) is 0. The third-order valence-corrected chi connectivity index (χ3v) is 11.5. The molecule has 2 aromatic carbocycles. The summed E-state index contributed by atoms with van der Waals surface area (Å²) in [6.07, 6.45) is 17.5. The number of hydrogen-bond donors (Lipinski definition) is 0. The maximum atomic E-state index is 5.99. The van der Waals surface area contributed by atoms with Gasteiger partial charge in [0.05, 0.1) is 18.3 Å². The average molecular weight is 579 g/mol. The average Bonchev–Trinajstić information content (AvgIpc) is 2.95. The first-order valence-electron chi connectivity index (χ1n) is 14.7. The highest BCUT2D eigenvalue weighted by atomic mass is 32.2. The Morgan fingerprint density at radius 2 is 1.38 bits per heavy atom. The van der Waals surface area contributed by atoms with Crippen LogP contribution in [0.4, 0.5) is 0 Å². The molecule has 0 aliphatic carbocycles. The molecule has 0 amide bonds. The normalized spacial score (nSPS) is 16.2. The maximum Gasteiger partial charge on any atom is 0.130 e. The molecule has 2 nitrogen and oxygen atoms in total. The van der Waals surface area contributed by atoms with Crippen molar-refractivity contribution in [2.24, 2.45) is 0 Å². The lowest BCUT2D eigenvalue weighted by Gasteiger charge is -2.37. The van der Waals surface area contributed by atoms with Crippen molar-refractivity contribution in [2.75, 3.05) is 25.7 Å². The van der Waals surface area contributed by atoms with Gasteiger partial charge in [0.2, 0.25) is 0 Å². The molecule has 218 valence electrons. The lowest BCUT2D eigenvalue weighted by Crippen LogP contribution is -2.26. The molecule has 1 aliphatic rings. The summed E-state index contributed by atoms with van der Waals surface area (Å²) in [6, 6.07) is 8.39. The van der Waals surface area contributed by atoms with Crippen molar-refractivity contribution in [1.82, 2.24) is 0 Å². The van der Waals surface area contributed by atoms with Gasteiger partial charge in [0, 0.05) is 16.3 Å². The summed E-state index contributed by atoms with van der Waals surface area (Å²) < 4.78 is 12.0. The third-order valence-electron chi connectivity index (χ3n) is 7.91. The molecule has 2 aromatic rings. The summed E-state index contributed by atoms with van der Waals surface area (Å²) in [5, 5.41) is 2.22. The molecule has 0 spiro atoms. The molecule has 0 bridgehead atoms. The molecule has 0 atom stereocenters. The van der Waals surface area contributed by atoms with Gasteiger partial charge >= 0.3 is 0 Å². The summed E-state index contributed by atoms with van der Waals surface area (Å²) >= 11 is 4.27. The minimum absolute atomic E-state index is 0.109. The second-order valence-electron chi connectivity index (χ2n) is 11.3. The van der Waals surface area contributed by atoms with Gasteiger partial charge in [0.1, 0.15) is 11.5 Å². The van der Waals surface area contributed by atoms with E-state index in [0.29, 0.717) is 0 Å². The van der Waals surface area contributed by atoms with E-state index in [1.165, 1.54) is 57.8 Å². The van der Waals surface area contributed by atoms with Crippen molar-refractivity contribution in [3.05, 3.63) is 82.0 Å². The van der Waals surface area contributed by atoms with Crippen LogP contribution in [-0.2, 0) is 6.42 Å². The van der Waals surface area contributed by atoms with Gasteiger partial charge in [-0.1, -0.05) is 70.9 Å². The maximum absolute atomic E-state index is 5.99. The van der Waals surface area contributed by atoms with Crippen LogP contribution in [0.15, 0.2) is 70.9 Å². The lowest BCUT2D eigenvalue weighted by molar-refractivity contribution is 0.404. The van der Waals surface area contributed by atoms with Crippen LogP contribution < -0.4 is 9.47 Å². The van der Waals surface area contributed by atoms with Crippen LogP contribution in [0.3, 0.4) is 0 Å². The Morgan fingerprint density at radius 1 is 0.800 bits per heavy atom. The SMILES string of the molecule is COc1c(C)c(C/C=C(\C)C2(C/C=C(\C)CC/C=C(\C)CCC=C(C)C)SCCCS2)c(OC)c2ccccc12. The smallest absolute Gasteiger partial charge is 0.130 e. The molecule has 0 N–H and O–H groups in total. The predicted molar refractivity (Wildman–Crippen MR) is 182 cm³/mol. The zero-order valence-electron chi connectivity index (χ0n) is 26.1. The van der Waals surface area contributed by atoms with Gasteiger partial charge in [-0.05, 0) is 104 Å². The number of fused-ring (bicyclic) bond motifs is 1. The van der Waals surface area contributed by atoms with E-state index in [4.69, 9.17) is 9.47 Å². The van der Waals surface area contributed by atoms with Gasteiger partial charge in [-0.3, -0.25) is 0 Å². The molecule has 3 rings (SSSR count). The predicted octanol–water partition coefficient (Wildman–Crippen LogP) is 11.0. The Morgan fingerprint density at radius 3 is 1.98 bits per heavy atom. The van der Waals surface area contributed by atoms with Gasteiger partial charge in [0.25, 0.3) is 0 Å². The van der Waals surface area contributed by atoms with Gasteiger partial charge in [-0.25, -0.2) is 0 Å². The molecule has 0 aromatic heterocycles. The Labute approximate surface area is 252 Å². The number of ether oxygens (including phenoxy) is 2. The van der Waals surface area contributed by atoms with Crippen LogP contribution >= 0.6 is 23.5 Å². The van der Waals surface area contributed by atoms with Gasteiger partial charge in [-0.15, -0.1) is 23.5 Å². The molecule has 4 heteroatoms. The van der Waals surface area contributed by atoms with Crippen LogP contribution in [0.1, 0.15) is 84.3 Å². The van der Waals surface area contributed by atoms with E-state index < -0.39 is 0 Å². The Balaban J connectivity index is 1.78. The summed E-state index contributed by atoms with van der Waals surface area (Å²) in [5.41, 5.74) is 8.28. The first-order valence-corrected chi connectivity index (χ1v) is 16.7. The topological polar surface area (TPSA) is 18.5 Å². The van der Waals surface area contributed by atoms with Crippen molar-refractivity contribution in [3.8, 4) is 11.5 Å². The number of allylic oxidation sites excluding steroid dienone is 7. The third kappa shape index (κ3) is 8.49. The van der Waals surface area contributed by atoms with E-state index in [1.807, 2.05) is 0 Å². The second-order valence-corrected chi connectivity index (χ2v) is 14.3. The number of benzene rings is 2. The van der Waals surface area contributed by atoms with Crippen LogP contribution in [0.5, 0.6) is 11.5 Å². The number of hydrogen-bond acceptors (Lipinski definition) is 4. The van der Waals surface area contributed by atoms with E-state index in [9.17, 15) is 0 Å². The Kier molecular flexibility index (Phi) is 12.8. The quantitative estimate of drug-likeness (QED) is 0.220. The van der Waals surface area contributed by atoms with Crippen LogP contribution in [0.2, 0.25) is 0 Å². The lowest BCUT2D eigenvalue weighted by atomic mass is 9.95. The molecule has 0 saturated carbocycles. The molecule has 1 saturated heterocycles. The zero-order chi connectivity index (χ0) is 29.1. The van der Waals surface area contributed by atoms with Crippen molar-refractivity contribution in [1.29, 1.82) is 0 Å². The van der Waals surface area contributed by atoms with Crippen LogP contribution in [-0.4, -0.2) is 29.8 Å². The standard InChI is InChI=1S/C36H50O2S2/c1-26(2)14-11-15-27(3)16-12-17-28(4)22-23-36(39-24-13-25-40-36)29(5)20-21-31-30(6)34(37-7)32-18-9-10-19-33(32)35(31)38-8/h9-10,14,16,18-20,22H,11-13,15,17,21,23-25H2,1-8H3/b27-16+,28-22+,29-20+. The number of rotatable bonds is 13. The van der Waals surface area contributed by atoms with Crippen molar-refractivity contribution >= 4 is 34.3 Å². The number of thioether (sulfide) groups is 2. The van der Waals surface area contributed by atoms with E-state index in [0.717, 1.165) is 54.4 Å². The second kappa shape index (κ2) is 15.8. The van der Waals surface area contributed by atoms with E-state index in [1.54, 1.807) is 14.2 Å². The number of methoxy groups -OCH3 is 2. The molecular weight excluding hydrogens is 529 g/mol. The molecular formula is C36H50O2S2. The molecule has 0 radical (unpaired) electrons. The van der Waals surface area contributed by atoms with E-state index >= 15 is 0 Å². The Bertz CT molecular complexity index is 1260. The highest BCUT2D eigenvalue weighted by Crippen LogP contribution is 2.50. The van der Waals surface area contributed by atoms with Gasteiger partial charge < -0.3 is 9.47 Å². The van der Waals surface area contributed by atoms with E-state index in [-0.39, 0.29) is 4.08 Å². The molecule has 40 heavy (non-hydrogen) atoms. The molecule has 1 aliphatic heterocycles. The summed E-state index contributed by atoms with van der Waals surface area (Å²) in [6.45, 7) is 13.4. The molecule has 1 heterocycles. The fourth-order valence-electron chi connectivity index (χ4n) is 5.43. The van der Waals surface area contributed by atoms with Crippen molar-refractivity contribution in [3.63, 3.8) is 0 Å². The van der Waals surface area contributed by atoms with Crippen molar-refractivity contribution < 1.29 is 9.47 Å². The fraction of sp³-hybridized carbons (Fsp3) is 0.500. The Hall–Kier alpha value is -2.04. The summed E-state index contributed by atoms with van der Waals surface area (Å²) in [5.74, 6) is 4.37. The zero-order valence-corrected chi connectivity index (χ0v) is 27.7. The van der Waals surface area contributed by atoms with Gasteiger partial charge in [-0.2, -0.15) is 0 Å². The highest BCUT2D eigenvalue weighted by Gasteiger charge is 2.34. The van der Waals surface area contributed by atoms with Gasteiger partial charge in [0.15, 0.2) is 0 Å². The monoisotopic (exact) mass is 578 g/mol. The minimum atomic E-state index is 0.109. The van der Waals surface area contributed by atoms with Crippen molar-refractivity contribution in [2.45, 2.75) is 90.6 Å². The molecule has 1 fully saturated rings. The highest BCUT2D eigenvalue weighted by molar-refractivity contribution is 8.19.